The molecule has 0 aliphatic carbocycles. The summed E-state index contributed by atoms with van der Waals surface area (Å²) in [7, 11) is 0. The van der Waals surface area contributed by atoms with Gasteiger partial charge in [-0.1, -0.05) is 54.6 Å². The molecule has 8 heteroatoms. The Morgan fingerprint density at radius 2 is 1.59 bits per heavy atom. The van der Waals surface area contributed by atoms with E-state index in [-0.39, 0.29) is 11.5 Å². The van der Waals surface area contributed by atoms with Gasteiger partial charge in [-0.05, 0) is 48.7 Å². The lowest BCUT2D eigenvalue weighted by molar-refractivity contribution is -0.131. The number of rotatable bonds is 6. The SMILES string of the molecule is Cc1cccc(N2CCN(C(=O)CCc3nnc4n(Cc5ccccc5)c(=O)c5ccccc5n34)CC2)c1C. The highest BCUT2D eigenvalue weighted by molar-refractivity contribution is 5.81. The van der Waals surface area contributed by atoms with E-state index in [0.717, 1.165) is 24.2 Å². The van der Waals surface area contributed by atoms with Gasteiger partial charge in [0.2, 0.25) is 11.7 Å². The van der Waals surface area contributed by atoms with Gasteiger partial charge in [-0.15, -0.1) is 10.2 Å². The smallest absolute Gasteiger partial charge is 0.263 e. The molecule has 39 heavy (non-hydrogen) atoms. The molecule has 0 unspecified atom stereocenters. The Morgan fingerprint density at radius 1 is 0.846 bits per heavy atom. The highest BCUT2D eigenvalue weighted by Crippen LogP contribution is 2.24. The van der Waals surface area contributed by atoms with Crippen LogP contribution in [0.3, 0.4) is 0 Å². The van der Waals surface area contributed by atoms with Crippen LogP contribution in [0.15, 0.2) is 77.6 Å². The normalized spacial score (nSPS) is 13.9. The Hall–Kier alpha value is -4.46. The average molecular weight is 521 g/mol. The number of hydrogen-bond acceptors (Lipinski definition) is 5. The van der Waals surface area contributed by atoms with Gasteiger partial charge in [0.05, 0.1) is 17.4 Å². The first-order valence-electron chi connectivity index (χ1n) is 13.5. The van der Waals surface area contributed by atoms with Crippen molar-refractivity contribution >= 4 is 28.3 Å². The maximum atomic E-state index is 13.4. The van der Waals surface area contributed by atoms with E-state index in [1.54, 1.807) is 4.57 Å². The zero-order valence-corrected chi connectivity index (χ0v) is 22.4. The molecule has 0 radical (unpaired) electrons. The summed E-state index contributed by atoms with van der Waals surface area (Å²) in [6.07, 6.45) is 0.793. The van der Waals surface area contributed by atoms with E-state index in [2.05, 4.69) is 47.1 Å². The summed E-state index contributed by atoms with van der Waals surface area (Å²) < 4.78 is 3.61. The number of anilines is 1. The van der Waals surface area contributed by atoms with Crippen LogP contribution >= 0.6 is 0 Å². The molecule has 3 heterocycles. The largest absolute Gasteiger partial charge is 0.368 e. The average Bonchev–Trinajstić information content (AvgIpc) is 3.40. The van der Waals surface area contributed by atoms with E-state index in [1.165, 1.54) is 16.8 Å². The lowest BCUT2D eigenvalue weighted by Gasteiger charge is -2.37. The number of benzene rings is 3. The van der Waals surface area contributed by atoms with Crippen LogP contribution in [-0.4, -0.2) is 56.2 Å². The molecular formula is C31H32N6O2. The number of amides is 1. The molecule has 5 aromatic rings. The Bertz CT molecular complexity index is 1710. The third-order valence-electron chi connectivity index (χ3n) is 7.87. The molecule has 0 atom stereocenters. The standard InChI is InChI=1S/C31H32N6O2/c1-22-9-8-14-26(23(22)2)34-17-19-35(20-18-34)29(38)16-15-28-32-33-31-36(21-24-10-4-3-5-11-24)30(39)25-12-6-7-13-27(25)37(28)31/h3-14H,15-21H2,1-2H3. The van der Waals surface area contributed by atoms with E-state index in [0.29, 0.717) is 49.5 Å². The lowest BCUT2D eigenvalue weighted by atomic mass is 10.1. The summed E-state index contributed by atoms with van der Waals surface area (Å²) in [4.78, 5) is 31.0. The van der Waals surface area contributed by atoms with Crippen LogP contribution in [0.2, 0.25) is 0 Å². The van der Waals surface area contributed by atoms with Gasteiger partial charge in [-0.3, -0.25) is 18.6 Å². The first-order valence-corrected chi connectivity index (χ1v) is 13.5. The number of nitrogens with zero attached hydrogens (tertiary/aromatic N) is 6. The summed E-state index contributed by atoms with van der Waals surface area (Å²) in [5, 5.41) is 9.48. The van der Waals surface area contributed by atoms with Gasteiger partial charge in [-0.2, -0.15) is 0 Å². The second kappa shape index (κ2) is 10.4. The molecule has 1 amide bonds. The Kier molecular flexibility index (Phi) is 6.60. The number of carbonyl (C=O) groups excluding carboxylic acids is 1. The highest BCUT2D eigenvalue weighted by Gasteiger charge is 2.23. The van der Waals surface area contributed by atoms with Crippen molar-refractivity contribution in [3.8, 4) is 0 Å². The van der Waals surface area contributed by atoms with Crippen LogP contribution in [0, 0.1) is 13.8 Å². The van der Waals surface area contributed by atoms with E-state index >= 15 is 0 Å². The minimum absolute atomic E-state index is 0.0984. The van der Waals surface area contributed by atoms with Gasteiger partial charge < -0.3 is 9.80 Å². The quantitative estimate of drug-likeness (QED) is 0.339. The molecule has 3 aromatic carbocycles. The molecule has 8 nitrogen and oxygen atoms in total. The molecule has 2 aromatic heterocycles. The van der Waals surface area contributed by atoms with Crippen LogP contribution < -0.4 is 10.5 Å². The van der Waals surface area contributed by atoms with Gasteiger partial charge in [-0.25, -0.2) is 0 Å². The summed E-state index contributed by atoms with van der Waals surface area (Å²) in [6, 6.07) is 23.8. The molecule has 1 aliphatic rings. The molecule has 0 N–H and O–H groups in total. The van der Waals surface area contributed by atoms with Crippen LogP contribution in [-0.2, 0) is 17.8 Å². The van der Waals surface area contributed by atoms with Crippen LogP contribution in [0.1, 0.15) is 28.9 Å². The van der Waals surface area contributed by atoms with Crippen molar-refractivity contribution in [2.24, 2.45) is 0 Å². The maximum Gasteiger partial charge on any atom is 0.263 e. The van der Waals surface area contributed by atoms with Crippen molar-refractivity contribution in [2.45, 2.75) is 33.2 Å². The fourth-order valence-corrected chi connectivity index (χ4v) is 5.54. The second-order valence-corrected chi connectivity index (χ2v) is 10.2. The van der Waals surface area contributed by atoms with E-state index in [9.17, 15) is 9.59 Å². The first-order chi connectivity index (χ1) is 19.0. The van der Waals surface area contributed by atoms with Crippen molar-refractivity contribution in [1.82, 2.24) is 24.1 Å². The second-order valence-electron chi connectivity index (χ2n) is 10.2. The fourth-order valence-electron chi connectivity index (χ4n) is 5.54. The van der Waals surface area contributed by atoms with Crippen LogP contribution in [0.5, 0.6) is 0 Å². The minimum Gasteiger partial charge on any atom is -0.368 e. The highest BCUT2D eigenvalue weighted by atomic mass is 16.2. The zero-order chi connectivity index (χ0) is 26.9. The molecule has 0 bridgehead atoms. The van der Waals surface area contributed by atoms with Gasteiger partial charge in [0.1, 0.15) is 5.82 Å². The topological polar surface area (TPSA) is 75.7 Å². The number of para-hydroxylation sites is 1. The molecule has 0 saturated carbocycles. The van der Waals surface area contributed by atoms with Gasteiger partial charge >= 0.3 is 0 Å². The maximum absolute atomic E-state index is 13.4. The molecule has 0 spiro atoms. The van der Waals surface area contributed by atoms with Gasteiger partial charge in [0.15, 0.2) is 0 Å². The first kappa shape index (κ1) is 24.9. The molecular weight excluding hydrogens is 488 g/mol. The Morgan fingerprint density at radius 3 is 2.38 bits per heavy atom. The third kappa shape index (κ3) is 4.67. The Labute approximate surface area is 227 Å². The lowest BCUT2D eigenvalue weighted by Crippen LogP contribution is -2.49. The summed E-state index contributed by atoms with van der Waals surface area (Å²) in [5.41, 5.74) is 5.51. The van der Waals surface area contributed by atoms with Gasteiger partial charge in [0, 0.05) is 44.7 Å². The number of aryl methyl sites for hydroxylation is 2. The van der Waals surface area contributed by atoms with Crippen molar-refractivity contribution < 1.29 is 4.79 Å². The predicted molar refractivity (Wildman–Crippen MR) is 153 cm³/mol. The number of hydrogen-bond donors (Lipinski definition) is 0. The van der Waals surface area contributed by atoms with Gasteiger partial charge in [0.25, 0.3) is 5.56 Å². The molecule has 1 saturated heterocycles. The number of aromatic nitrogens is 4. The zero-order valence-electron chi connectivity index (χ0n) is 22.4. The molecule has 1 aliphatic heterocycles. The van der Waals surface area contributed by atoms with E-state index in [4.69, 9.17) is 0 Å². The monoisotopic (exact) mass is 520 g/mol. The number of carbonyl (C=O) groups is 1. The third-order valence-corrected chi connectivity index (χ3v) is 7.87. The molecule has 1 fully saturated rings. The Balaban J connectivity index is 1.22. The summed E-state index contributed by atoms with van der Waals surface area (Å²) in [5.74, 6) is 1.30. The van der Waals surface area contributed by atoms with Crippen LogP contribution in [0.4, 0.5) is 5.69 Å². The fraction of sp³-hybridized carbons (Fsp3) is 0.290. The van der Waals surface area contributed by atoms with Crippen molar-refractivity contribution in [3.05, 3.63) is 106 Å². The van der Waals surface area contributed by atoms with Crippen molar-refractivity contribution in [1.29, 1.82) is 0 Å². The number of piperazine rings is 1. The van der Waals surface area contributed by atoms with Crippen molar-refractivity contribution in [2.75, 3.05) is 31.1 Å². The molecule has 198 valence electrons. The van der Waals surface area contributed by atoms with E-state index < -0.39 is 0 Å². The molecule has 6 rings (SSSR count). The minimum atomic E-state index is -0.0984. The predicted octanol–water partition coefficient (Wildman–Crippen LogP) is 3.99. The summed E-state index contributed by atoms with van der Waals surface area (Å²) in [6.45, 7) is 7.74. The summed E-state index contributed by atoms with van der Waals surface area (Å²) >= 11 is 0. The number of fused-ring (bicyclic) bond motifs is 3. The van der Waals surface area contributed by atoms with E-state index in [1.807, 2.05) is 63.9 Å². The van der Waals surface area contributed by atoms with Crippen LogP contribution in [0.25, 0.3) is 16.7 Å². The van der Waals surface area contributed by atoms with Crippen molar-refractivity contribution in [3.63, 3.8) is 0 Å².